The number of H-pyrrole nitrogens is 1. The van der Waals surface area contributed by atoms with Crippen molar-refractivity contribution >= 4 is 11.0 Å². The van der Waals surface area contributed by atoms with Crippen molar-refractivity contribution in [2.75, 3.05) is 13.2 Å². The molecule has 6 heteroatoms. The predicted octanol–water partition coefficient (Wildman–Crippen LogP) is 4.35. The fourth-order valence-electron chi connectivity index (χ4n) is 4.87. The first-order valence-corrected chi connectivity index (χ1v) is 10.9. The van der Waals surface area contributed by atoms with Gasteiger partial charge in [-0.15, -0.1) is 0 Å². The molecule has 0 radical (unpaired) electrons. The lowest BCUT2D eigenvalue weighted by Crippen LogP contribution is -2.29. The quantitative estimate of drug-likeness (QED) is 0.505. The Kier molecular flexibility index (Phi) is 4.79. The van der Waals surface area contributed by atoms with Gasteiger partial charge in [-0.1, -0.05) is 54.6 Å². The van der Waals surface area contributed by atoms with Crippen LogP contribution in [0.3, 0.4) is 0 Å². The van der Waals surface area contributed by atoms with Crippen molar-refractivity contribution in [3.63, 3.8) is 0 Å². The molecule has 2 saturated heterocycles. The van der Waals surface area contributed by atoms with Crippen LogP contribution >= 0.6 is 0 Å². The van der Waals surface area contributed by atoms with E-state index in [4.69, 9.17) is 9.47 Å². The second kappa shape index (κ2) is 7.81. The number of nitrogens with one attached hydrogen (secondary N) is 1. The summed E-state index contributed by atoms with van der Waals surface area (Å²) in [6.07, 6.45) is -0.197. The fraction of sp³-hybridized carbons (Fsp3) is 0.269. The number of pyridine rings is 1. The van der Waals surface area contributed by atoms with E-state index in [2.05, 4.69) is 22.1 Å². The molecule has 6 rings (SSSR count). The van der Waals surface area contributed by atoms with Gasteiger partial charge in [-0.2, -0.15) is 0 Å². The molecule has 2 N–H and O–H groups in total. The largest absolute Gasteiger partial charge is 0.388 e. The molecular formula is C26H23FN2O3. The summed E-state index contributed by atoms with van der Waals surface area (Å²) in [5.74, 6) is -0.204. The van der Waals surface area contributed by atoms with Gasteiger partial charge in [0, 0.05) is 23.2 Å². The number of rotatable bonds is 4. The van der Waals surface area contributed by atoms with Crippen molar-refractivity contribution in [2.45, 2.75) is 24.7 Å². The molecule has 0 aliphatic carbocycles. The summed E-state index contributed by atoms with van der Waals surface area (Å²) in [6.45, 7) is 0.861. The third-order valence-corrected chi connectivity index (χ3v) is 6.49. The topological polar surface area (TPSA) is 67.4 Å². The SMILES string of the molecule is O[C@@H]1CO[C@@H]2[C@H](Cc3cc4nc(-c5ccc(-c6ccccc6)cc5)c(F)cc4[nH]3)CO[C@@H]21. The molecule has 162 valence electrons. The van der Waals surface area contributed by atoms with Crippen LogP contribution in [0.25, 0.3) is 33.4 Å². The van der Waals surface area contributed by atoms with Crippen LogP contribution in [-0.4, -0.2) is 46.6 Å². The maximum Gasteiger partial charge on any atom is 0.151 e. The Morgan fingerprint density at radius 1 is 0.906 bits per heavy atom. The average Bonchev–Trinajstić information content (AvgIpc) is 3.51. The zero-order valence-electron chi connectivity index (χ0n) is 17.4. The van der Waals surface area contributed by atoms with Gasteiger partial charge in [0.2, 0.25) is 0 Å². The Balaban J connectivity index is 1.26. The smallest absolute Gasteiger partial charge is 0.151 e. The molecule has 2 aromatic heterocycles. The number of hydrogen-bond donors (Lipinski definition) is 2. The van der Waals surface area contributed by atoms with Crippen molar-refractivity contribution in [3.8, 4) is 22.4 Å². The van der Waals surface area contributed by atoms with Crippen LogP contribution in [0.1, 0.15) is 5.69 Å². The standard InChI is InChI=1S/C26H23FN2O3/c27-20-12-22-21(11-19(28-22)10-18-13-31-26-23(30)14-32-25(18)26)29-24(20)17-8-6-16(7-9-17)15-4-2-1-3-5-15/h1-9,11-12,18,23,25-26,28,30H,10,13-14H2/t18-,23-,25-,26-/m1/s1. The highest BCUT2D eigenvalue weighted by molar-refractivity contribution is 5.80. The zero-order valence-corrected chi connectivity index (χ0v) is 17.4. The van der Waals surface area contributed by atoms with Gasteiger partial charge in [-0.3, -0.25) is 0 Å². The monoisotopic (exact) mass is 430 g/mol. The third-order valence-electron chi connectivity index (χ3n) is 6.49. The van der Waals surface area contributed by atoms with Crippen LogP contribution in [-0.2, 0) is 15.9 Å². The number of nitrogens with zero attached hydrogens (tertiary/aromatic N) is 1. The number of hydrogen-bond acceptors (Lipinski definition) is 4. The van der Waals surface area contributed by atoms with Crippen molar-refractivity contribution in [1.82, 2.24) is 9.97 Å². The summed E-state index contributed by atoms with van der Waals surface area (Å²) in [5, 5.41) is 9.94. The highest BCUT2D eigenvalue weighted by Crippen LogP contribution is 2.34. The summed E-state index contributed by atoms with van der Waals surface area (Å²) in [6, 6.07) is 21.4. The molecule has 0 unspecified atom stereocenters. The Hall–Kier alpha value is -3.06. The Bertz CT molecular complexity index is 1260. The van der Waals surface area contributed by atoms with Crippen LogP contribution < -0.4 is 0 Å². The molecule has 4 atom stereocenters. The predicted molar refractivity (Wildman–Crippen MR) is 120 cm³/mol. The van der Waals surface area contributed by atoms with E-state index < -0.39 is 6.10 Å². The van der Waals surface area contributed by atoms with Gasteiger partial charge in [0.1, 0.15) is 17.9 Å². The van der Waals surface area contributed by atoms with E-state index in [1.165, 1.54) is 6.07 Å². The molecular weight excluding hydrogens is 407 g/mol. The Labute approximate surface area is 184 Å². The molecule has 4 heterocycles. The van der Waals surface area contributed by atoms with Crippen molar-refractivity contribution in [2.24, 2.45) is 5.92 Å². The van der Waals surface area contributed by atoms with Crippen LogP contribution in [0, 0.1) is 11.7 Å². The van der Waals surface area contributed by atoms with E-state index in [0.29, 0.717) is 30.8 Å². The van der Waals surface area contributed by atoms with Gasteiger partial charge in [-0.05, 0) is 23.6 Å². The molecule has 0 spiro atoms. The minimum absolute atomic E-state index is 0.0974. The van der Waals surface area contributed by atoms with Gasteiger partial charge in [0.05, 0.1) is 30.4 Å². The van der Waals surface area contributed by atoms with Gasteiger partial charge in [-0.25, -0.2) is 9.37 Å². The van der Waals surface area contributed by atoms with Gasteiger partial charge >= 0.3 is 0 Å². The first kappa shape index (κ1) is 19.6. The molecule has 2 aliphatic rings. The van der Waals surface area contributed by atoms with Gasteiger partial charge in [0.15, 0.2) is 5.82 Å². The van der Waals surface area contributed by atoms with Gasteiger partial charge < -0.3 is 19.6 Å². The first-order chi connectivity index (χ1) is 15.7. The van der Waals surface area contributed by atoms with Crippen LogP contribution in [0.5, 0.6) is 0 Å². The second-order valence-electron chi connectivity index (χ2n) is 8.62. The van der Waals surface area contributed by atoms with Crippen molar-refractivity contribution in [3.05, 3.63) is 78.2 Å². The normalized spacial score (nSPS) is 24.8. The molecule has 4 aromatic rings. The first-order valence-electron chi connectivity index (χ1n) is 10.9. The summed E-state index contributed by atoms with van der Waals surface area (Å²) in [5.41, 5.74) is 5.65. The minimum Gasteiger partial charge on any atom is -0.388 e. The molecule has 32 heavy (non-hydrogen) atoms. The summed E-state index contributed by atoms with van der Waals surface area (Å²) >= 11 is 0. The number of fused-ring (bicyclic) bond motifs is 2. The highest BCUT2D eigenvalue weighted by Gasteiger charge is 2.46. The number of aliphatic hydroxyl groups is 1. The molecule has 2 aliphatic heterocycles. The lowest BCUT2D eigenvalue weighted by Gasteiger charge is -2.14. The van der Waals surface area contributed by atoms with E-state index in [1.807, 2.05) is 48.5 Å². The van der Waals surface area contributed by atoms with E-state index >= 15 is 0 Å². The lowest BCUT2D eigenvalue weighted by molar-refractivity contribution is 0.0169. The Morgan fingerprint density at radius 2 is 1.62 bits per heavy atom. The molecule has 0 amide bonds. The van der Waals surface area contributed by atoms with E-state index in [1.54, 1.807) is 0 Å². The van der Waals surface area contributed by atoms with Crippen molar-refractivity contribution < 1.29 is 19.0 Å². The number of halogens is 1. The van der Waals surface area contributed by atoms with E-state index in [9.17, 15) is 9.50 Å². The minimum atomic E-state index is -0.556. The maximum atomic E-state index is 14.9. The Morgan fingerprint density at radius 3 is 2.44 bits per heavy atom. The summed E-state index contributed by atoms with van der Waals surface area (Å²) in [7, 11) is 0. The third kappa shape index (κ3) is 3.41. The lowest BCUT2D eigenvalue weighted by atomic mass is 9.96. The van der Waals surface area contributed by atoms with Crippen molar-refractivity contribution in [1.29, 1.82) is 0 Å². The number of aliphatic hydroxyl groups excluding tert-OH is 1. The maximum absolute atomic E-state index is 14.9. The number of ether oxygens (including phenoxy) is 2. The summed E-state index contributed by atoms with van der Waals surface area (Å²) in [4.78, 5) is 7.90. The highest BCUT2D eigenvalue weighted by atomic mass is 19.1. The number of aromatic amines is 1. The van der Waals surface area contributed by atoms with E-state index in [0.717, 1.165) is 27.9 Å². The molecule has 2 aromatic carbocycles. The average molecular weight is 430 g/mol. The molecule has 2 fully saturated rings. The van der Waals surface area contributed by atoms with Crippen LogP contribution in [0.2, 0.25) is 0 Å². The zero-order chi connectivity index (χ0) is 21.7. The molecule has 0 bridgehead atoms. The van der Waals surface area contributed by atoms with Gasteiger partial charge in [0.25, 0.3) is 0 Å². The van der Waals surface area contributed by atoms with E-state index in [-0.39, 0.29) is 23.9 Å². The fourth-order valence-corrected chi connectivity index (χ4v) is 4.87. The number of aromatic nitrogens is 2. The van der Waals surface area contributed by atoms with Crippen LogP contribution in [0.4, 0.5) is 4.39 Å². The molecule has 5 nitrogen and oxygen atoms in total. The number of benzene rings is 2. The summed E-state index contributed by atoms with van der Waals surface area (Å²) < 4.78 is 26.4. The van der Waals surface area contributed by atoms with Crippen LogP contribution in [0.15, 0.2) is 66.7 Å². The molecule has 0 saturated carbocycles. The second-order valence-corrected chi connectivity index (χ2v) is 8.62.